The molecule has 0 atom stereocenters. The lowest BCUT2D eigenvalue weighted by Gasteiger charge is -2.08. The van der Waals surface area contributed by atoms with Crippen LogP contribution in [0.4, 0.5) is 11.6 Å². The zero-order valence-electron chi connectivity index (χ0n) is 18.0. The molecule has 4 aromatic rings. The van der Waals surface area contributed by atoms with Crippen LogP contribution in [0.1, 0.15) is 11.4 Å². The number of nitrogens with one attached hydrogen (secondary N) is 3. The Morgan fingerprint density at radius 1 is 1.00 bits per heavy atom. The molecule has 0 saturated heterocycles. The molecule has 33 heavy (non-hydrogen) atoms. The van der Waals surface area contributed by atoms with E-state index >= 15 is 0 Å². The van der Waals surface area contributed by atoms with Gasteiger partial charge in [0.1, 0.15) is 0 Å². The van der Waals surface area contributed by atoms with Crippen molar-refractivity contribution in [3.05, 3.63) is 93.0 Å². The van der Waals surface area contributed by atoms with Crippen LogP contribution in [-0.4, -0.2) is 28.2 Å². The van der Waals surface area contributed by atoms with Crippen LogP contribution in [0.2, 0.25) is 0 Å². The lowest BCUT2D eigenvalue weighted by Crippen LogP contribution is -2.34. The summed E-state index contributed by atoms with van der Waals surface area (Å²) in [5.74, 6) is 0.0214. The molecule has 0 fully saturated rings. The van der Waals surface area contributed by atoms with Gasteiger partial charge in [0, 0.05) is 23.3 Å². The Balaban J connectivity index is 1.55. The van der Waals surface area contributed by atoms with Crippen LogP contribution in [0.5, 0.6) is 0 Å². The van der Waals surface area contributed by atoms with Gasteiger partial charge in [0.15, 0.2) is 0 Å². The second-order valence-electron chi connectivity index (χ2n) is 7.37. The first kappa shape index (κ1) is 22.0. The van der Waals surface area contributed by atoms with Gasteiger partial charge in [-0.3, -0.25) is 9.89 Å². The predicted octanol–water partition coefficient (Wildman–Crippen LogP) is 1.63. The van der Waals surface area contributed by atoms with Crippen LogP contribution in [0.15, 0.2) is 70.4 Å². The van der Waals surface area contributed by atoms with Gasteiger partial charge in [-0.15, -0.1) is 0 Å². The summed E-state index contributed by atoms with van der Waals surface area (Å²) >= 11 is 0. The minimum Gasteiger partial charge on any atom is -0.361 e. The van der Waals surface area contributed by atoms with E-state index in [1.165, 1.54) is 23.0 Å². The number of hydrogen-bond acceptors (Lipinski definition) is 6. The molecule has 0 bridgehead atoms. The number of H-pyrrole nitrogens is 1. The van der Waals surface area contributed by atoms with E-state index in [1.807, 2.05) is 30.3 Å². The number of anilines is 2. The third-order valence-corrected chi connectivity index (χ3v) is 6.12. The van der Waals surface area contributed by atoms with Crippen LogP contribution >= 0.6 is 0 Å². The first-order valence-electron chi connectivity index (χ1n) is 10.0. The van der Waals surface area contributed by atoms with E-state index in [9.17, 15) is 13.2 Å². The molecular formula is C23H22N6O3S. The first-order chi connectivity index (χ1) is 15.7. The fourth-order valence-corrected chi connectivity index (χ4v) is 4.18. The van der Waals surface area contributed by atoms with Crippen molar-refractivity contribution >= 4 is 34.4 Å². The summed E-state index contributed by atoms with van der Waals surface area (Å²) in [7, 11) is -3.85. The van der Waals surface area contributed by atoms with Crippen molar-refractivity contribution < 1.29 is 8.42 Å². The number of hydrogen-bond donors (Lipinski definition) is 3. The van der Waals surface area contributed by atoms with Crippen molar-refractivity contribution in [1.29, 1.82) is 0 Å². The monoisotopic (exact) mass is 462 g/mol. The SMILES string of the molecule is C=c1[nH]n(-c2ccccc2)c(=O)/c1=C/Nc1ccc(S(=O)(=O)Nc2nc(C)cc(C)n2)cc1. The summed E-state index contributed by atoms with van der Waals surface area (Å²) in [6, 6.07) is 17.0. The van der Waals surface area contributed by atoms with Gasteiger partial charge in [-0.2, -0.15) is 0 Å². The van der Waals surface area contributed by atoms with Crippen molar-refractivity contribution in [1.82, 2.24) is 19.7 Å². The number of para-hydroxylation sites is 1. The van der Waals surface area contributed by atoms with E-state index in [2.05, 4.69) is 31.7 Å². The van der Waals surface area contributed by atoms with Gasteiger partial charge in [0.05, 0.1) is 21.2 Å². The third-order valence-electron chi connectivity index (χ3n) is 4.78. The Labute approximate surface area is 190 Å². The number of rotatable bonds is 6. The summed E-state index contributed by atoms with van der Waals surface area (Å²) in [5.41, 5.74) is 2.37. The van der Waals surface area contributed by atoms with Gasteiger partial charge in [0.25, 0.3) is 15.6 Å². The molecule has 9 nitrogen and oxygen atoms in total. The fraction of sp³-hybridized carbons (Fsp3) is 0.0870. The van der Waals surface area contributed by atoms with E-state index in [-0.39, 0.29) is 16.4 Å². The highest BCUT2D eigenvalue weighted by Crippen LogP contribution is 2.17. The van der Waals surface area contributed by atoms with Crippen molar-refractivity contribution in [3.63, 3.8) is 0 Å². The minimum atomic E-state index is -3.85. The molecule has 0 aliphatic heterocycles. The third kappa shape index (κ3) is 4.85. The van der Waals surface area contributed by atoms with Gasteiger partial charge < -0.3 is 5.32 Å². The van der Waals surface area contributed by atoms with Crippen LogP contribution in [0.3, 0.4) is 0 Å². The smallest absolute Gasteiger partial charge is 0.280 e. The molecule has 2 aromatic heterocycles. The van der Waals surface area contributed by atoms with Crippen molar-refractivity contribution in [2.75, 3.05) is 10.0 Å². The highest BCUT2D eigenvalue weighted by Gasteiger charge is 2.16. The normalized spacial score (nSPS) is 12.0. The lowest BCUT2D eigenvalue weighted by atomic mass is 10.3. The number of aromatic nitrogens is 4. The average Bonchev–Trinajstić information content (AvgIpc) is 3.05. The molecule has 2 heterocycles. The summed E-state index contributed by atoms with van der Waals surface area (Å²) in [5, 5.41) is 6.78. The molecular weight excluding hydrogens is 440 g/mol. The van der Waals surface area contributed by atoms with E-state index < -0.39 is 10.0 Å². The Morgan fingerprint density at radius 3 is 2.27 bits per heavy atom. The molecule has 0 aliphatic carbocycles. The maximum absolute atomic E-state index is 12.7. The van der Waals surface area contributed by atoms with E-state index in [0.717, 1.165) is 0 Å². The van der Waals surface area contributed by atoms with Crippen LogP contribution in [-0.2, 0) is 10.0 Å². The second kappa shape index (κ2) is 8.75. The molecule has 2 aromatic carbocycles. The minimum absolute atomic E-state index is 0.0214. The lowest BCUT2D eigenvalue weighted by molar-refractivity contribution is 0.601. The number of aromatic amines is 1. The number of aryl methyl sites for hydroxylation is 2. The van der Waals surface area contributed by atoms with E-state index in [1.54, 1.807) is 32.0 Å². The maximum Gasteiger partial charge on any atom is 0.280 e. The summed E-state index contributed by atoms with van der Waals surface area (Å²) < 4.78 is 29.1. The molecule has 3 N–H and O–H groups in total. The molecule has 0 amide bonds. The Morgan fingerprint density at radius 2 is 1.64 bits per heavy atom. The highest BCUT2D eigenvalue weighted by atomic mass is 32.2. The molecule has 0 saturated carbocycles. The van der Waals surface area contributed by atoms with Gasteiger partial charge >= 0.3 is 0 Å². The largest absolute Gasteiger partial charge is 0.361 e. The Kier molecular flexibility index (Phi) is 5.84. The van der Waals surface area contributed by atoms with Crippen LogP contribution in [0, 0.1) is 13.8 Å². The van der Waals surface area contributed by atoms with Crippen molar-refractivity contribution in [2.45, 2.75) is 18.7 Å². The summed E-state index contributed by atoms with van der Waals surface area (Å²) in [6.45, 7) is 7.42. The molecule has 0 spiro atoms. The predicted molar refractivity (Wildman–Crippen MR) is 128 cm³/mol. The van der Waals surface area contributed by atoms with Crippen molar-refractivity contribution in [3.8, 4) is 5.69 Å². The van der Waals surface area contributed by atoms with E-state index in [4.69, 9.17) is 0 Å². The first-order valence-corrected chi connectivity index (χ1v) is 11.5. The van der Waals surface area contributed by atoms with Gasteiger partial charge in [-0.1, -0.05) is 24.8 Å². The number of benzene rings is 2. The topological polar surface area (TPSA) is 122 Å². The van der Waals surface area contributed by atoms with E-state index in [0.29, 0.717) is 33.3 Å². The summed E-state index contributed by atoms with van der Waals surface area (Å²) in [4.78, 5) is 21.0. The average molecular weight is 463 g/mol. The van der Waals surface area contributed by atoms with Gasteiger partial charge in [0.2, 0.25) is 5.95 Å². The number of nitrogens with zero attached hydrogens (tertiary/aromatic N) is 3. The zero-order chi connectivity index (χ0) is 23.6. The molecule has 10 heteroatoms. The van der Waals surface area contributed by atoms with Crippen molar-refractivity contribution in [2.24, 2.45) is 0 Å². The Hall–Kier alpha value is -4.18. The maximum atomic E-state index is 12.7. The standard InChI is InChI=1S/C23H22N6O3S/c1-15-13-16(2)26-23(25-15)28-33(31,32)20-11-9-18(10-12-20)24-14-21-17(3)27-29(22(21)30)19-7-5-4-6-8-19/h4-14,24,27H,3H2,1-2H3,(H,25,26,28)/b21-14+. The zero-order valence-corrected chi connectivity index (χ0v) is 18.8. The van der Waals surface area contributed by atoms with Gasteiger partial charge in [-0.05, 0) is 56.3 Å². The van der Waals surface area contributed by atoms with Gasteiger partial charge in [-0.25, -0.2) is 27.8 Å². The molecule has 0 aliphatic rings. The van der Waals surface area contributed by atoms with Crippen LogP contribution < -0.4 is 26.2 Å². The fourth-order valence-electron chi connectivity index (χ4n) is 3.24. The number of sulfonamides is 1. The molecule has 0 radical (unpaired) electrons. The highest BCUT2D eigenvalue weighted by molar-refractivity contribution is 7.92. The summed E-state index contributed by atoms with van der Waals surface area (Å²) in [6.07, 6.45) is 1.53. The van der Waals surface area contributed by atoms with Crippen LogP contribution in [0.25, 0.3) is 18.5 Å². The molecule has 0 unspecified atom stereocenters. The quantitative estimate of drug-likeness (QED) is 0.400. The molecule has 168 valence electrons. The second-order valence-corrected chi connectivity index (χ2v) is 9.06. The molecule has 4 rings (SSSR count). The Bertz CT molecular complexity index is 1550.